The second-order valence-corrected chi connectivity index (χ2v) is 17.4. The summed E-state index contributed by atoms with van der Waals surface area (Å²) in [6.45, 7) is -6.01. The molecule has 6 atom stereocenters. The van der Waals surface area contributed by atoms with Gasteiger partial charge in [0.2, 0.25) is 17.8 Å². The molecule has 0 saturated carbocycles. The number of ether oxygens (including phenoxy) is 1. The Balaban J connectivity index is 1.39. The number of nitrogens with zero attached hydrogens (tertiary/aromatic N) is 7. The minimum absolute atomic E-state index is 0.0342. The van der Waals surface area contributed by atoms with Crippen molar-refractivity contribution in [3.8, 4) is 6.07 Å². The summed E-state index contributed by atoms with van der Waals surface area (Å²) in [6.07, 6.45) is -4.35. The van der Waals surface area contributed by atoms with Crippen molar-refractivity contribution < 1.29 is 46.2 Å². The van der Waals surface area contributed by atoms with E-state index in [4.69, 9.17) is 62.0 Å². The van der Waals surface area contributed by atoms with Crippen molar-refractivity contribution in [2.24, 2.45) is 11.7 Å². The average molecular weight is 801 g/mol. The first-order valence-corrected chi connectivity index (χ1v) is 20.6. The van der Waals surface area contributed by atoms with E-state index in [1.165, 1.54) is 16.8 Å². The van der Waals surface area contributed by atoms with E-state index in [1.54, 1.807) is 18.4 Å². The van der Waals surface area contributed by atoms with Crippen LogP contribution in [0.5, 0.6) is 0 Å². The maximum absolute atomic E-state index is 16.4. The van der Waals surface area contributed by atoms with Gasteiger partial charge in [0.05, 0.1) is 44.2 Å². The number of carbonyl (C=O) groups is 2. The number of alkyl halides is 1. The van der Waals surface area contributed by atoms with Crippen molar-refractivity contribution in [1.29, 1.82) is 5.26 Å². The van der Waals surface area contributed by atoms with E-state index in [1.807, 2.05) is 6.07 Å². The molecule has 52 heavy (non-hydrogen) atoms. The molecule has 1 fully saturated rings. The summed E-state index contributed by atoms with van der Waals surface area (Å²) in [7, 11) is 0. The number of primary amides is 1. The van der Waals surface area contributed by atoms with Crippen LogP contribution < -0.4 is 16.6 Å². The van der Waals surface area contributed by atoms with E-state index >= 15 is 4.39 Å². The number of halogens is 1. The summed E-state index contributed by atoms with van der Waals surface area (Å²) in [5.74, 6) is -1.67. The normalized spacial score (nSPS) is 27.2. The van der Waals surface area contributed by atoms with Crippen LogP contribution >= 0.6 is 13.4 Å². The smallest absolute Gasteiger partial charge is 0.327 e. The number of aromatic nitrogens is 7. The van der Waals surface area contributed by atoms with Gasteiger partial charge in [-0.15, -0.1) is 0 Å². The highest BCUT2D eigenvalue weighted by Crippen LogP contribution is 2.53. The number of H-pyrrole nitrogens is 1. The number of hydrogen-bond acceptors (Lipinski definition) is 16. The number of anilines is 1. The first kappa shape index (κ1) is 38.1. The van der Waals surface area contributed by atoms with Crippen LogP contribution in [0.15, 0.2) is 23.4 Å². The average Bonchev–Trinajstić information content (AvgIpc) is 3.76. The highest BCUT2D eigenvalue weighted by molar-refractivity contribution is 8.07. The molecule has 2 amide bonds. The molecular formula is C27H31FN10O10P2S2. The Morgan fingerprint density at radius 3 is 2.79 bits per heavy atom. The minimum Gasteiger partial charge on any atom is -0.366 e. The fourth-order valence-corrected chi connectivity index (χ4v) is 8.31. The molecule has 1 saturated heterocycles. The first-order valence-electron chi connectivity index (χ1n) is 15.5. The van der Waals surface area contributed by atoms with Gasteiger partial charge in [-0.05, 0) is 29.7 Å². The molecular weight excluding hydrogens is 769 g/mol. The molecule has 0 aromatic carbocycles. The second-order valence-electron chi connectivity index (χ2n) is 11.6. The third kappa shape index (κ3) is 8.12. The van der Waals surface area contributed by atoms with Crippen LogP contribution in [0.3, 0.4) is 0 Å². The van der Waals surface area contributed by atoms with Gasteiger partial charge < -0.3 is 38.0 Å². The summed E-state index contributed by atoms with van der Waals surface area (Å²) < 4.78 is 54.1. The molecule has 6 rings (SSSR count). The van der Waals surface area contributed by atoms with Gasteiger partial charge in [-0.2, -0.15) is 10.2 Å². The first-order chi connectivity index (χ1) is 24.7. The number of hydrogen-bond donors (Lipinski definition) is 4. The molecule has 0 aliphatic carbocycles. The van der Waals surface area contributed by atoms with Crippen LogP contribution in [0.2, 0.25) is 0 Å². The van der Waals surface area contributed by atoms with Crippen molar-refractivity contribution in [2.45, 2.75) is 58.0 Å². The maximum Gasteiger partial charge on any atom is 0.327 e. The molecule has 20 nitrogen and oxygen atoms in total. The molecule has 0 spiro atoms. The van der Waals surface area contributed by atoms with Crippen LogP contribution in [-0.2, 0) is 68.9 Å². The Hall–Kier alpha value is -3.65. The number of carbonyl (C=O) groups excluding carboxylic acids is 2. The molecule has 25 heteroatoms. The molecule has 6 heterocycles. The lowest BCUT2D eigenvalue weighted by molar-refractivity contribution is -0.118. The SMILES string of the molecule is CC(C)C(=O)Nc1nc2c(ncn2[C@@H]2O[C@@H]3COP(=S)(OCCC#N)OCCn4c(nc5cc(C(N)=O)cnc54)COP(O)(=S)OC2[C@@H]3F)c(=O)[nH]1. The molecule has 5 N–H and O–H groups in total. The van der Waals surface area contributed by atoms with Gasteiger partial charge in [-0.3, -0.25) is 33.8 Å². The van der Waals surface area contributed by atoms with Crippen molar-refractivity contribution in [3.05, 3.63) is 40.3 Å². The lowest BCUT2D eigenvalue weighted by atomic mass is 10.1. The van der Waals surface area contributed by atoms with E-state index in [-0.39, 0.29) is 65.8 Å². The number of fused-ring (bicyclic) bond motifs is 6. The predicted molar refractivity (Wildman–Crippen MR) is 185 cm³/mol. The Bertz CT molecular complexity index is 2230. The standard InChI is InChI=1S/C27H31FN10O10P2S2/c1-13(2)24(40)35-27-34-23-19(25(41)36-27)32-12-38(23)26-20-18(28)16(47-26)10-46-50(52,43-6-3-4-29)44-7-5-37-17(11-45-49(42,51)48-20)33-15-8-14(21(30)39)9-31-22(15)37/h8-9,12-13,16,18,20,26H,3,5-7,10-11H2,1-2H3,(H2,30,39)(H,42,51)(H2,34,35,36,40,41)/t16-,18-,20?,26-,49?,50?/m1/s1. The second kappa shape index (κ2) is 15.4. The van der Waals surface area contributed by atoms with E-state index in [2.05, 4.69) is 30.2 Å². The van der Waals surface area contributed by atoms with Crippen LogP contribution in [0.4, 0.5) is 10.3 Å². The monoisotopic (exact) mass is 800 g/mol. The van der Waals surface area contributed by atoms with Gasteiger partial charge in [0.1, 0.15) is 30.2 Å². The number of aromatic amines is 1. The Morgan fingerprint density at radius 2 is 2.06 bits per heavy atom. The van der Waals surface area contributed by atoms with Crippen molar-refractivity contribution >= 4 is 77.1 Å². The van der Waals surface area contributed by atoms with Crippen LogP contribution in [0, 0.1) is 17.2 Å². The lowest BCUT2D eigenvalue weighted by Gasteiger charge is -2.25. The number of nitrogens with two attached hydrogens (primary N) is 1. The van der Waals surface area contributed by atoms with Crippen molar-refractivity contribution in [3.63, 3.8) is 0 Å². The van der Waals surface area contributed by atoms with Gasteiger partial charge >= 0.3 is 13.4 Å². The molecule has 2 aliphatic rings. The number of imidazole rings is 2. The zero-order valence-electron chi connectivity index (χ0n) is 27.3. The van der Waals surface area contributed by atoms with Crippen molar-refractivity contribution in [1.82, 2.24) is 34.1 Å². The topological polar surface area (TPSA) is 266 Å². The Kier molecular flexibility index (Phi) is 11.3. The summed E-state index contributed by atoms with van der Waals surface area (Å²) in [5, 5.41) is 11.6. The van der Waals surface area contributed by atoms with E-state index in [0.29, 0.717) is 0 Å². The van der Waals surface area contributed by atoms with Gasteiger partial charge in [0.25, 0.3) is 5.56 Å². The summed E-state index contributed by atoms with van der Waals surface area (Å²) in [4.78, 5) is 67.9. The number of nitrogens with one attached hydrogen (secondary N) is 2. The largest absolute Gasteiger partial charge is 0.366 e. The number of nitriles is 1. The van der Waals surface area contributed by atoms with Gasteiger partial charge in [-0.25, -0.2) is 19.3 Å². The highest BCUT2D eigenvalue weighted by Gasteiger charge is 2.50. The van der Waals surface area contributed by atoms with Gasteiger partial charge in [-0.1, -0.05) is 13.8 Å². The fraction of sp³-hybridized carbons (Fsp3) is 0.481. The van der Waals surface area contributed by atoms with Crippen LogP contribution in [-0.4, -0.2) is 89.0 Å². The molecule has 278 valence electrons. The summed E-state index contributed by atoms with van der Waals surface area (Å²) in [6, 6.07) is 3.35. The van der Waals surface area contributed by atoms with Gasteiger partial charge in [0.15, 0.2) is 29.2 Å². The third-order valence-electron chi connectivity index (χ3n) is 7.72. The van der Waals surface area contributed by atoms with E-state index in [9.17, 15) is 19.3 Å². The molecule has 3 unspecified atom stereocenters. The molecule has 4 aromatic rings. The number of rotatable bonds is 7. The Labute approximate surface area is 303 Å². The summed E-state index contributed by atoms with van der Waals surface area (Å²) in [5.41, 5.74) is 5.02. The number of amides is 2. The highest BCUT2D eigenvalue weighted by atomic mass is 32.5. The molecule has 4 aromatic heterocycles. The lowest BCUT2D eigenvalue weighted by Crippen LogP contribution is -2.32. The van der Waals surface area contributed by atoms with Crippen LogP contribution in [0.1, 0.15) is 42.7 Å². The van der Waals surface area contributed by atoms with Crippen molar-refractivity contribution in [2.75, 3.05) is 25.1 Å². The number of pyridine rings is 1. The predicted octanol–water partition coefficient (Wildman–Crippen LogP) is 1.81. The fourth-order valence-electron chi connectivity index (χ4n) is 5.18. The van der Waals surface area contributed by atoms with E-state index in [0.717, 1.165) is 6.33 Å². The van der Waals surface area contributed by atoms with E-state index < -0.39 is 74.6 Å². The van der Waals surface area contributed by atoms with Gasteiger partial charge in [0, 0.05) is 18.7 Å². The van der Waals surface area contributed by atoms with Crippen LogP contribution in [0.25, 0.3) is 22.3 Å². The molecule has 2 aliphatic heterocycles. The minimum atomic E-state index is -4.33. The Morgan fingerprint density at radius 1 is 1.27 bits per heavy atom. The molecule has 2 bridgehead atoms. The third-order valence-corrected chi connectivity index (χ3v) is 11.7. The zero-order valence-corrected chi connectivity index (χ0v) is 30.7. The molecule has 0 radical (unpaired) electrons. The maximum atomic E-state index is 16.4. The summed E-state index contributed by atoms with van der Waals surface area (Å²) >= 11 is 10.9. The quantitative estimate of drug-likeness (QED) is 0.153. The zero-order chi connectivity index (χ0) is 37.4.